The Labute approximate surface area is 134 Å². The van der Waals surface area contributed by atoms with Crippen molar-refractivity contribution in [3.05, 3.63) is 66.6 Å². The van der Waals surface area contributed by atoms with Crippen molar-refractivity contribution in [2.45, 2.75) is 6.54 Å². The quantitative estimate of drug-likeness (QED) is 0.584. The number of nitrogens with zero attached hydrogens (tertiary/aromatic N) is 1. The number of nitrogens with one attached hydrogen (secondary N) is 1. The third-order valence-electron chi connectivity index (χ3n) is 2.66. The fraction of sp³-hybridized carbons (Fsp3) is 0.0769. The third kappa shape index (κ3) is 3.42. The number of nitro benzene ring substituents is 1. The molecule has 0 bridgehead atoms. The fourth-order valence-electron chi connectivity index (χ4n) is 1.68. The van der Waals surface area contributed by atoms with Crippen molar-refractivity contribution < 1.29 is 4.92 Å². The van der Waals surface area contributed by atoms with Crippen LogP contribution in [0, 0.1) is 10.1 Å². The van der Waals surface area contributed by atoms with E-state index < -0.39 is 4.92 Å². The van der Waals surface area contributed by atoms with Crippen LogP contribution < -0.4 is 5.32 Å². The number of anilines is 1. The number of hydrogen-bond acceptors (Lipinski definition) is 3. The Kier molecular flexibility index (Phi) is 4.86. The lowest BCUT2D eigenvalue weighted by Crippen LogP contribution is -2.03. The Morgan fingerprint density at radius 2 is 2.00 bits per heavy atom. The highest BCUT2D eigenvalue weighted by Crippen LogP contribution is 2.30. The Morgan fingerprint density at radius 3 is 2.70 bits per heavy atom. The topological polar surface area (TPSA) is 55.2 Å². The molecule has 2 aromatic rings. The highest BCUT2D eigenvalue weighted by Gasteiger charge is 2.14. The molecular weight excluding hydrogens is 367 g/mol. The van der Waals surface area contributed by atoms with Gasteiger partial charge in [0.25, 0.3) is 5.69 Å². The second-order valence-electron chi connectivity index (χ2n) is 3.99. The van der Waals surface area contributed by atoms with Gasteiger partial charge in [0.05, 0.1) is 15.0 Å². The van der Waals surface area contributed by atoms with Gasteiger partial charge in [-0.1, -0.05) is 51.3 Å². The van der Waals surface area contributed by atoms with Gasteiger partial charge in [-0.3, -0.25) is 10.1 Å². The van der Waals surface area contributed by atoms with Crippen molar-refractivity contribution in [1.29, 1.82) is 0 Å². The Morgan fingerprint density at radius 1 is 1.25 bits per heavy atom. The van der Waals surface area contributed by atoms with Crippen LogP contribution in [0.3, 0.4) is 0 Å². The largest absolute Gasteiger partial charge is 0.375 e. The van der Waals surface area contributed by atoms with Crippen molar-refractivity contribution in [2.24, 2.45) is 0 Å². The number of hydrogen-bond donors (Lipinski definition) is 1. The van der Waals surface area contributed by atoms with Gasteiger partial charge in [0.2, 0.25) is 0 Å². The van der Waals surface area contributed by atoms with E-state index in [4.69, 9.17) is 23.2 Å². The number of rotatable bonds is 4. The molecule has 4 nitrogen and oxygen atoms in total. The molecule has 0 saturated heterocycles. The first-order valence-corrected chi connectivity index (χ1v) is 7.14. The van der Waals surface area contributed by atoms with E-state index in [-0.39, 0.29) is 5.69 Å². The summed E-state index contributed by atoms with van der Waals surface area (Å²) in [6.45, 7) is 0.349. The monoisotopic (exact) mass is 374 g/mol. The summed E-state index contributed by atoms with van der Waals surface area (Å²) in [7, 11) is 0. The van der Waals surface area contributed by atoms with E-state index in [0.717, 1.165) is 5.56 Å². The second kappa shape index (κ2) is 6.43. The summed E-state index contributed by atoms with van der Waals surface area (Å²) in [5.74, 6) is 0. The van der Waals surface area contributed by atoms with Crippen LogP contribution in [0.25, 0.3) is 0 Å². The van der Waals surface area contributed by atoms with Gasteiger partial charge in [0.1, 0.15) is 5.69 Å². The van der Waals surface area contributed by atoms with Gasteiger partial charge in [-0.15, -0.1) is 0 Å². The van der Waals surface area contributed by atoms with Crippen molar-refractivity contribution >= 4 is 50.5 Å². The average Bonchev–Trinajstić information content (AvgIpc) is 2.41. The predicted octanol–water partition coefficient (Wildman–Crippen LogP) is 5.28. The van der Waals surface area contributed by atoms with Gasteiger partial charge >= 0.3 is 0 Å². The van der Waals surface area contributed by atoms with Gasteiger partial charge in [-0.25, -0.2) is 0 Å². The summed E-state index contributed by atoms with van der Waals surface area (Å²) in [6.07, 6.45) is 0. The molecular formula is C13H9BrCl2N2O2. The van der Waals surface area contributed by atoms with Gasteiger partial charge in [0.15, 0.2) is 0 Å². The summed E-state index contributed by atoms with van der Waals surface area (Å²) in [6, 6.07) is 10.1. The molecule has 0 aliphatic rings. The highest BCUT2D eigenvalue weighted by atomic mass is 79.9. The second-order valence-corrected chi connectivity index (χ2v) is 5.69. The van der Waals surface area contributed by atoms with E-state index in [1.807, 2.05) is 6.07 Å². The van der Waals surface area contributed by atoms with Crippen LogP contribution in [0.2, 0.25) is 10.0 Å². The van der Waals surface area contributed by atoms with Crippen LogP contribution in [0.1, 0.15) is 5.56 Å². The lowest BCUT2D eigenvalue weighted by Gasteiger charge is -2.09. The van der Waals surface area contributed by atoms with Gasteiger partial charge in [0, 0.05) is 17.1 Å². The molecule has 0 spiro atoms. The van der Waals surface area contributed by atoms with E-state index in [0.29, 0.717) is 26.8 Å². The lowest BCUT2D eigenvalue weighted by molar-refractivity contribution is -0.384. The molecule has 0 amide bonds. The van der Waals surface area contributed by atoms with Crippen LogP contribution in [0.15, 0.2) is 40.9 Å². The smallest absolute Gasteiger partial charge is 0.293 e. The Balaban J connectivity index is 2.23. The number of nitro groups is 1. The molecule has 0 heterocycles. The van der Waals surface area contributed by atoms with Crippen LogP contribution in [-0.4, -0.2) is 4.92 Å². The minimum Gasteiger partial charge on any atom is -0.375 e. The molecule has 2 rings (SSSR count). The predicted molar refractivity (Wildman–Crippen MR) is 84.6 cm³/mol. The van der Waals surface area contributed by atoms with E-state index in [2.05, 4.69) is 21.2 Å². The lowest BCUT2D eigenvalue weighted by atomic mass is 10.2. The normalized spacial score (nSPS) is 10.3. The first kappa shape index (κ1) is 15.1. The van der Waals surface area contributed by atoms with E-state index in [1.165, 1.54) is 6.07 Å². The third-order valence-corrected chi connectivity index (χ3v) is 4.01. The molecule has 1 N–H and O–H groups in total. The minimum absolute atomic E-state index is 0.00229. The van der Waals surface area contributed by atoms with Gasteiger partial charge < -0.3 is 5.32 Å². The van der Waals surface area contributed by atoms with Gasteiger partial charge in [-0.2, -0.15) is 0 Å². The molecule has 0 radical (unpaired) electrons. The minimum atomic E-state index is -0.438. The van der Waals surface area contributed by atoms with E-state index in [9.17, 15) is 10.1 Å². The zero-order valence-corrected chi connectivity index (χ0v) is 13.2. The van der Waals surface area contributed by atoms with Gasteiger partial charge in [-0.05, 0) is 23.8 Å². The van der Waals surface area contributed by atoms with Crippen molar-refractivity contribution in [3.63, 3.8) is 0 Å². The standard InChI is InChI=1S/C13H9BrCl2N2O2/c14-9-4-5-11(12(6-9)18(19)20)17-7-8-2-1-3-10(15)13(8)16/h1-6,17H,7H2. The molecule has 0 unspecified atom stereocenters. The molecule has 0 saturated carbocycles. The summed E-state index contributed by atoms with van der Waals surface area (Å²) in [5.41, 5.74) is 1.20. The molecule has 7 heteroatoms. The Hall–Kier alpha value is -1.30. The summed E-state index contributed by atoms with van der Waals surface area (Å²) < 4.78 is 0.649. The van der Waals surface area contributed by atoms with Crippen molar-refractivity contribution in [1.82, 2.24) is 0 Å². The van der Waals surface area contributed by atoms with Crippen LogP contribution >= 0.6 is 39.1 Å². The van der Waals surface area contributed by atoms with E-state index >= 15 is 0 Å². The first-order chi connectivity index (χ1) is 9.49. The van der Waals surface area contributed by atoms with Crippen LogP contribution in [-0.2, 0) is 6.54 Å². The maximum Gasteiger partial charge on any atom is 0.293 e. The average molecular weight is 376 g/mol. The molecule has 0 fully saturated rings. The van der Waals surface area contributed by atoms with Crippen LogP contribution in [0.5, 0.6) is 0 Å². The maximum absolute atomic E-state index is 11.0. The van der Waals surface area contributed by atoms with Crippen molar-refractivity contribution in [3.8, 4) is 0 Å². The Bertz CT molecular complexity index is 665. The highest BCUT2D eigenvalue weighted by molar-refractivity contribution is 9.10. The summed E-state index contributed by atoms with van der Waals surface area (Å²) in [5, 5.41) is 14.9. The molecule has 0 aliphatic carbocycles. The van der Waals surface area contributed by atoms with Crippen molar-refractivity contribution in [2.75, 3.05) is 5.32 Å². The molecule has 0 aromatic heterocycles. The zero-order chi connectivity index (χ0) is 14.7. The maximum atomic E-state index is 11.0. The summed E-state index contributed by atoms with van der Waals surface area (Å²) >= 11 is 15.2. The summed E-state index contributed by atoms with van der Waals surface area (Å²) in [4.78, 5) is 10.6. The van der Waals surface area contributed by atoms with Crippen LogP contribution in [0.4, 0.5) is 11.4 Å². The molecule has 0 atom stereocenters. The first-order valence-electron chi connectivity index (χ1n) is 5.59. The molecule has 0 aliphatic heterocycles. The fourth-order valence-corrected chi connectivity index (χ4v) is 2.42. The molecule has 20 heavy (non-hydrogen) atoms. The molecule has 104 valence electrons. The molecule has 2 aromatic carbocycles. The van der Waals surface area contributed by atoms with E-state index in [1.54, 1.807) is 24.3 Å². The number of halogens is 3. The number of benzene rings is 2. The SMILES string of the molecule is O=[N+]([O-])c1cc(Br)ccc1NCc1cccc(Cl)c1Cl. The zero-order valence-electron chi connectivity index (χ0n) is 10.1.